The zero-order chi connectivity index (χ0) is 14.5. The Hall–Kier alpha value is -2.48. The highest BCUT2D eigenvalue weighted by atomic mass is 16.5. The summed E-state index contributed by atoms with van der Waals surface area (Å²) in [5.74, 6) is 0.708. The van der Waals surface area contributed by atoms with Crippen molar-refractivity contribution in [2.45, 2.75) is 19.9 Å². The lowest BCUT2D eigenvalue weighted by molar-refractivity contribution is 0.368. The van der Waals surface area contributed by atoms with E-state index in [2.05, 4.69) is 17.3 Å². The monoisotopic (exact) mass is 270 g/mol. The van der Waals surface area contributed by atoms with Gasteiger partial charge in [-0.15, -0.1) is 0 Å². The summed E-state index contributed by atoms with van der Waals surface area (Å²) in [6.45, 7) is 4.15. The Kier molecular flexibility index (Phi) is 4.26. The lowest BCUT2D eigenvalue weighted by Gasteiger charge is -2.15. The van der Waals surface area contributed by atoms with Crippen LogP contribution in [0.25, 0.3) is 0 Å². The molecule has 5 nitrogen and oxygen atoms in total. The molecular weight excluding hydrogens is 252 g/mol. The van der Waals surface area contributed by atoms with Crippen LogP contribution in [0.3, 0.4) is 0 Å². The molecule has 0 fully saturated rings. The van der Waals surface area contributed by atoms with Gasteiger partial charge in [0.25, 0.3) is 0 Å². The molecule has 1 atom stereocenters. The third-order valence-corrected chi connectivity index (χ3v) is 3.07. The van der Waals surface area contributed by atoms with Crippen LogP contribution in [0.4, 0.5) is 5.69 Å². The molecule has 0 aliphatic carbocycles. The normalized spacial score (nSPS) is 11.7. The van der Waals surface area contributed by atoms with Crippen LogP contribution in [0.5, 0.6) is 5.75 Å². The predicted octanol–water partition coefficient (Wildman–Crippen LogP) is 2.80. The number of aromatic nitrogens is 2. The minimum absolute atomic E-state index is 0.0715. The Morgan fingerprint density at radius 1 is 1.40 bits per heavy atom. The zero-order valence-electron chi connectivity index (χ0n) is 11.9. The number of rotatable bonds is 5. The molecule has 0 aliphatic rings. The first-order valence-corrected chi connectivity index (χ1v) is 6.46. The van der Waals surface area contributed by atoms with Gasteiger partial charge in [0, 0.05) is 19.3 Å². The smallest absolute Gasteiger partial charge is 0.174 e. The summed E-state index contributed by atoms with van der Waals surface area (Å²) in [5, 5.41) is 16.2. The van der Waals surface area contributed by atoms with Crippen molar-refractivity contribution in [2.75, 3.05) is 11.9 Å². The molecule has 0 radical (unpaired) electrons. The van der Waals surface area contributed by atoms with E-state index in [1.165, 1.54) is 0 Å². The molecule has 0 amide bonds. The molecule has 0 bridgehead atoms. The van der Waals surface area contributed by atoms with Gasteiger partial charge >= 0.3 is 0 Å². The van der Waals surface area contributed by atoms with E-state index in [-0.39, 0.29) is 12.6 Å². The van der Waals surface area contributed by atoms with E-state index in [0.717, 1.165) is 16.9 Å². The number of hydrogen-bond acceptors (Lipinski definition) is 4. The van der Waals surface area contributed by atoms with Gasteiger partial charge < -0.3 is 10.1 Å². The summed E-state index contributed by atoms with van der Waals surface area (Å²) in [7, 11) is 1.91. The van der Waals surface area contributed by atoms with Gasteiger partial charge in [0.2, 0.25) is 0 Å². The first-order valence-electron chi connectivity index (χ1n) is 6.46. The van der Waals surface area contributed by atoms with Crippen LogP contribution in [0.2, 0.25) is 0 Å². The molecule has 0 saturated carbocycles. The number of nitrogens with zero attached hydrogens (tertiary/aromatic N) is 3. The van der Waals surface area contributed by atoms with Gasteiger partial charge in [-0.2, -0.15) is 10.4 Å². The Morgan fingerprint density at radius 2 is 2.10 bits per heavy atom. The van der Waals surface area contributed by atoms with Crippen molar-refractivity contribution in [3.63, 3.8) is 0 Å². The molecule has 0 aliphatic heterocycles. The third-order valence-electron chi connectivity index (χ3n) is 3.07. The maximum atomic E-state index is 8.47. The molecule has 2 rings (SSSR count). The summed E-state index contributed by atoms with van der Waals surface area (Å²) >= 11 is 0. The molecule has 5 heteroatoms. The van der Waals surface area contributed by atoms with Crippen molar-refractivity contribution in [3.8, 4) is 11.8 Å². The Morgan fingerprint density at radius 3 is 2.65 bits per heavy atom. The second-order valence-electron chi connectivity index (χ2n) is 4.68. The molecular formula is C15H18N4O. The molecule has 1 aromatic heterocycles. The Bertz CT molecular complexity index is 610. The lowest BCUT2D eigenvalue weighted by Crippen LogP contribution is -2.06. The fraction of sp³-hybridized carbons (Fsp3) is 0.333. The van der Waals surface area contributed by atoms with E-state index in [9.17, 15) is 0 Å². The first kappa shape index (κ1) is 13.9. The van der Waals surface area contributed by atoms with Crippen LogP contribution in [0.1, 0.15) is 24.2 Å². The van der Waals surface area contributed by atoms with Gasteiger partial charge in [-0.05, 0) is 31.5 Å². The van der Waals surface area contributed by atoms with Crippen molar-refractivity contribution in [1.82, 2.24) is 9.78 Å². The van der Waals surface area contributed by atoms with Crippen molar-refractivity contribution < 1.29 is 4.74 Å². The molecule has 20 heavy (non-hydrogen) atoms. The predicted molar refractivity (Wildman–Crippen MR) is 77.5 cm³/mol. The second-order valence-corrected chi connectivity index (χ2v) is 4.68. The summed E-state index contributed by atoms with van der Waals surface area (Å²) in [4.78, 5) is 0. The molecule has 1 heterocycles. The largest absolute Gasteiger partial charge is 0.479 e. The highest BCUT2D eigenvalue weighted by molar-refractivity contribution is 5.47. The molecule has 0 saturated heterocycles. The van der Waals surface area contributed by atoms with Gasteiger partial charge in [-0.1, -0.05) is 12.1 Å². The fourth-order valence-electron chi connectivity index (χ4n) is 2.03. The number of nitriles is 1. The highest BCUT2D eigenvalue weighted by Crippen LogP contribution is 2.23. The van der Waals surface area contributed by atoms with Crippen molar-refractivity contribution in [1.29, 1.82) is 5.26 Å². The number of ether oxygens (including phenoxy) is 1. The van der Waals surface area contributed by atoms with Crippen LogP contribution in [0, 0.1) is 18.3 Å². The van der Waals surface area contributed by atoms with E-state index < -0.39 is 0 Å². The minimum Gasteiger partial charge on any atom is -0.479 e. The van der Waals surface area contributed by atoms with Gasteiger partial charge in [-0.25, -0.2) is 0 Å². The highest BCUT2D eigenvalue weighted by Gasteiger charge is 2.09. The van der Waals surface area contributed by atoms with E-state index >= 15 is 0 Å². The lowest BCUT2D eigenvalue weighted by atomic mass is 10.1. The van der Waals surface area contributed by atoms with Crippen LogP contribution in [-0.2, 0) is 7.05 Å². The second kappa shape index (κ2) is 6.11. The number of anilines is 1. The molecule has 1 N–H and O–H groups in total. The molecule has 2 aromatic rings. The molecule has 104 valence electrons. The van der Waals surface area contributed by atoms with Crippen LogP contribution in [-0.4, -0.2) is 16.4 Å². The Labute approximate surface area is 118 Å². The van der Waals surface area contributed by atoms with E-state index in [1.54, 1.807) is 4.68 Å². The molecule has 0 spiro atoms. The van der Waals surface area contributed by atoms with Crippen LogP contribution >= 0.6 is 0 Å². The SMILES string of the molecule is Cc1nn(C)cc1NC(C)c1ccc(OCC#N)cc1. The van der Waals surface area contributed by atoms with E-state index in [0.29, 0.717) is 5.75 Å². The van der Waals surface area contributed by atoms with Crippen LogP contribution < -0.4 is 10.1 Å². The topological polar surface area (TPSA) is 62.9 Å². The first-order chi connectivity index (χ1) is 9.60. The average Bonchev–Trinajstić information content (AvgIpc) is 2.75. The average molecular weight is 270 g/mol. The summed E-state index contributed by atoms with van der Waals surface area (Å²) in [6, 6.07) is 9.86. The summed E-state index contributed by atoms with van der Waals surface area (Å²) < 4.78 is 7.03. The minimum atomic E-state index is 0.0715. The quantitative estimate of drug-likeness (QED) is 0.907. The Balaban J connectivity index is 2.04. The number of benzene rings is 1. The third kappa shape index (κ3) is 3.29. The number of hydrogen-bond donors (Lipinski definition) is 1. The van der Waals surface area contributed by atoms with Gasteiger partial charge in [0.05, 0.1) is 11.4 Å². The fourth-order valence-corrected chi connectivity index (χ4v) is 2.03. The van der Waals surface area contributed by atoms with Gasteiger partial charge in [-0.3, -0.25) is 4.68 Å². The maximum absolute atomic E-state index is 8.47. The van der Waals surface area contributed by atoms with Crippen LogP contribution in [0.15, 0.2) is 30.5 Å². The number of aryl methyl sites for hydroxylation is 2. The summed E-state index contributed by atoms with van der Waals surface area (Å²) in [6.07, 6.45) is 1.97. The van der Waals surface area contributed by atoms with Gasteiger partial charge in [0.1, 0.15) is 11.8 Å². The maximum Gasteiger partial charge on any atom is 0.174 e. The summed E-state index contributed by atoms with van der Waals surface area (Å²) in [5.41, 5.74) is 3.16. The van der Waals surface area contributed by atoms with Crippen molar-refractivity contribution in [2.24, 2.45) is 7.05 Å². The van der Waals surface area contributed by atoms with E-state index in [4.69, 9.17) is 10.00 Å². The van der Waals surface area contributed by atoms with Crippen molar-refractivity contribution in [3.05, 3.63) is 41.7 Å². The van der Waals surface area contributed by atoms with Gasteiger partial charge in [0.15, 0.2) is 6.61 Å². The zero-order valence-corrected chi connectivity index (χ0v) is 11.9. The molecule has 1 unspecified atom stereocenters. The number of nitrogens with one attached hydrogen (secondary N) is 1. The standard InChI is InChI=1S/C15H18N4O/c1-11(17-15-10-19(3)18-12(15)2)13-4-6-14(7-5-13)20-9-8-16/h4-7,10-11,17H,9H2,1-3H3. The van der Waals surface area contributed by atoms with Crippen molar-refractivity contribution >= 4 is 5.69 Å². The van der Waals surface area contributed by atoms with E-state index in [1.807, 2.05) is 50.5 Å². The molecule has 1 aromatic carbocycles.